The summed E-state index contributed by atoms with van der Waals surface area (Å²) in [4.78, 5) is 17.0. The number of rotatable bonds is 8. The molecule has 1 saturated heterocycles. The third-order valence-electron chi connectivity index (χ3n) is 5.21. The lowest BCUT2D eigenvalue weighted by molar-refractivity contribution is 0.0961. The lowest BCUT2D eigenvalue weighted by Gasteiger charge is -2.36. The number of methoxy groups -OCH3 is 3. The number of carbonyl (C=O) groups is 1. The minimum atomic E-state index is -0.196. The maximum absolute atomic E-state index is 14.0. The summed E-state index contributed by atoms with van der Waals surface area (Å²) in [5.41, 5.74) is 1.17. The number of ether oxygens (including phenoxy) is 3. The first kappa shape index (κ1) is 23.8. The van der Waals surface area contributed by atoms with E-state index in [-0.39, 0.29) is 24.0 Å². The molecular formula is C22H28ClFN2O4. The fraction of sp³-hybridized carbons (Fsp3) is 0.409. The van der Waals surface area contributed by atoms with Gasteiger partial charge in [0.2, 0.25) is 5.75 Å². The Balaban J connectivity index is 0.00000320. The van der Waals surface area contributed by atoms with Gasteiger partial charge >= 0.3 is 0 Å². The zero-order valence-corrected chi connectivity index (χ0v) is 18.3. The summed E-state index contributed by atoms with van der Waals surface area (Å²) >= 11 is 0. The fourth-order valence-corrected chi connectivity index (χ4v) is 3.57. The monoisotopic (exact) mass is 438 g/mol. The van der Waals surface area contributed by atoms with Crippen LogP contribution in [0.25, 0.3) is 0 Å². The van der Waals surface area contributed by atoms with Crippen molar-refractivity contribution in [2.75, 3.05) is 59.0 Å². The van der Waals surface area contributed by atoms with Crippen molar-refractivity contribution in [1.82, 2.24) is 4.90 Å². The lowest BCUT2D eigenvalue weighted by atomic mass is 10.1. The van der Waals surface area contributed by atoms with Crippen LogP contribution in [0.15, 0.2) is 36.4 Å². The predicted octanol–water partition coefficient (Wildman–Crippen LogP) is 3.67. The number of hydrogen-bond donors (Lipinski definition) is 0. The molecule has 0 bridgehead atoms. The summed E-state index contributed by atoms with van der Waals surface area (Å²) < 4.78 is 29.9. The van der Waals surface area contributed by atoms with Gasteiger partial charge in [-0.25, -0.2) is 4.39 Å². The summed E-state index contributed by atoms with van der Waals surface area (Å²) in [6.45, 7) is 3.70. The van der Waals surface area contributed by atoms with Crippen molar-refractivity contribution >= 4 is 23.9 Å². The molecular weight excluding hydrogens is 411 g/mol. The fourth-order valence-electron chi connectivity index (χ4n) is 3.57. The van der Waals surface area contributed by atoms with Gasteiger partial charge in [0.1, 0.15) is 5.82 Å². The molecule has 0 aromatic heterocycles. The zero-order chi connectivity index (χ0) is 20.8. The Morgan fingerprint density at radius 3 is 2.10 bits per heavy atom. The number of halogens is 2. The Morgan fingerprint density at radius 1 is 0.967 bits per heavy atom. The van der Waals surface area contributed by atoms with Gasteiger partial charge in [-0.3, -0.25) is 9.69 Å². The topological polar surface area (TPSA) is 51.2 Å². The summed E-state index contributed by atoms with van der Waals surface area (Å²) in [6.07, 6.45) is 0.387. The Labute approximate surface area is 182 Å². The SMILES string of the molecule is COc1cc(C(=O)CCN2CCN(c3ccccc3F)CC2)cc(OC)c1OC.Cl. The summed E-state index contributed by atoms with van der Waals surface area (Å²) in [7, 11) is 4.59. The maximum atomic E-state index is 14.0. The van der Waals surface area contributed by atoms with Crippen molar-refractivity contribution in [1.29, 1.82) is 0 Å². The van der Waals surface area contributed by atoms with Crippen molar-refractivity contribution < 1.29 is 23.4 Å². The van der Waals surface area contributed by atoms with Gasteiger partial charge in [-0.15, -0.1) is 12.4 Å². The van der Waals surface area contributed by atoms with Gasteiger partial charge < -0.3 is 19.1 Å². The number of Topliss-reactive ketones (excluding diaryl/α,β-unsaturated/α-hetero) is 1. The molecule has 2 aromatic carbocycles. The first-order valence-electron chi connectivity index (χ1n) is 9.62. The minimum absolute atomic E-state index is 0. The van der Waals surface area contributed by atoms with Crippen LogP contribution in [0.2, 0.25) is 0 Å². The van der Waals surface area contributed by atoms with Crippen LogP contribution in [-0.4, -0.2) is 64.7 Å². The van der Waals surface area contributed by atoms with E-state index in [1.54, 1.807) is 24.3 Å². The minimum Gasteiger partial charge on any atom is -0.493 e. The third-order valence-corrected chi connectivity index (χ3v) is 5.21. The normalized spacial score (nSPS) is 14.1. The van der Waals surface area contributed by atoms with Crippen molar-refractivity contribution in [2.24, 2.45) is 0 Å². The van der Waals surface area contributed by atoms with Gasteiger partial charge in [0.15, 0.2) is 17.3 Å². The molecule has 164 valence electrons. The van der Waals surface area contributed by atoms with E-state index in [0.29, 0.717) is 41.5 Å². The van der Waals surface area contributed by atoms with Gasteiger partial charge in [0, 0.05) is 44.7 Å². The van der Waals surface area contributed by atoms with Gasteiger partial charge in [-0.1, -0.05) is 12.1 Å². The molecule has 3 rings (SSSR count). The molecule has 1 aliphatic heterocycles. The highest BCUT2D eigenvalue weighted by Gasteiger charge is 2.21. The van der Waals surface area contributed by atoms with Crippen molar-refractivity contribution in [3.63, 3.8) is 0 Å². The first-order chi connectivity index (χ1) is 14.1. The van der Waals surface area contributed by atoms with Gasteiger partial charge in [0.05, 0.1) is 27.0 Å². The number of piperazine rings is 1. The number of hydrogen-bond acceptors (Lipinski definition) is 6. The van der Waals surface area contributed by atoms with Crippen molar-refractivity contribution in [3.8, 4) is 17.2 Å². The van der Waals surface area contributed by atoms with Crippen LogP contribution in [0.3, 0.4) is 0 Å². The highest BCUT2D eigenvalue weighted by Crippen LogP contribution is 2.38. The highest BCUT2D eigenvalue weighted by molar-refractivity contribution is 5.97. The molecule has 30 heavy (non-hydrogen) atoms. The standard InChI is InChI=1S/C22H27FN2O4.ClH/c1-27-20-14-16(15-21(28-2)22(20)29-3)19(26)8-9-24-10-12-25(13-11-24)18-7-5-4-6-17(18)23;/h4-7,14-15H,8-13H2,1-3H3;1H. The second-order valence-corrected chi connectivity index (χ2v) is 6.87. The smallest absolute Gasteiger partial charge is 0.203 e. The van der Waals surface area contributed by atoms with Crippen LogP contribution in [-0.2, 0) is 0 Å². The number of ketones is 1. The number of anilines is 1. The molecule has 0 aliphatic carbocycles. The average Bonchev–Trinajstić information content (AvgIpc) is 2.77. The van der Waals surface area contributed by atoms with E-state index in [9.17, 15) is 9.18 Å². The second-order valence-electron chi connectivity index (χ2n) is 6.87. The van der Waals surface area contributed by atoms with Crippen molar-refractivity contribution in [2.45, 2.75) is 6.42 Å². The average molecular weight is 439 g/mol. The van der Waals surface area contributed by atoms with E-state index in [1.807, 2.05) is 11.0 Å². The zero-order valence-electron chi connectivity index (χ0n) is 17.5. The second kappa shape index (κ2) is 11.0. The molecule has 0 saturated carbocycles. The van der Waals surface area contributed by atoms with Gasteiger partial charge in [0.25, 0.3) is 0 Å². The summed E-state index contributed by atoms with van der Waals surface area (Å²) in [5, 5.41) is 0. The summed E-state index contributed by atoms with van der Waals surface area (Å²) in [5.74, 6) is 1.22. The molecule has 8 heteroatoms. The van der Waals surface area contributed by atoms with Crippen molar-refractivity contribution in [3.05, 3.63) is 47.8 Å². The van der Waals surface area contributed by atoms with Crippen LogP contribution >= 0.6 is 12.4 Å². The first-order valence-corrected chi connectivity index (χ1v) is 9.62. The number of benzene rings is 2. The van der Waals surface area contributed by atoms with Gasteiger partial charge in [-0.2, -0.15) is 0 Å². The lowest BCUT2D eigenvalue weighted by Crippen LogP contribution is -2.47. The molecule has 0 unspecified atom stereocenters. The van der Waals surface area contributed by atoms with Crippen LogP contribution in [0.5, 0.6) is 17.2 Å². The molecule has 0 spiro atoms. The molecule has 0 amide bonds. The predicted molar refractivity (Wildman–Crippen MR) is 117 cm³/mol. The quantitative estimate of drug-likeness (QED) is 0.586. The van der Waals surface area contributed by atoms with E-state index in [2.05, 4.69) is 4.90 Å². The molecule has 1 aliphatic rings. The number of carbonyl (C=O) groups excluding carboxylic acids is 1. The third kappa shape index (κ3) is 5.34. The molecule has 1 heterocycles. The molecule has 2 aromatic rings. The highest BCUT2D eigenvalue weighted by atomic mass is 35.5. The number of nitrogens with zero attached hydrogens (tertiary/aromatic N) is 2. The molecule has 0 atom stereocenters. The van der Waals surface area contributed by atoms with Crippen LogP contribution in [0.4, 0.5) is 10.1 Å². The number of para-hydroxylation sites is 1. The largest absolute Gasteiger partial charge is 0.493 e. The molecule has 1 fully saturated rings. The Hall–Kier alpha value is -2.51. The Bertz CT molecular complexity index is 832. The Morgan fingerprint density at radius 2 is 1.57 bits per heavy atom. The molecule has 0 N–H and O–H groups in total. The molecule has 0 radical (unpaired) electrons. The van der Waals surface area contributed by atoms with E-state index in [4.69, 9.17) is 14.2 Å². The van der Waals surface area contributed by atoms with Gasteiger partial charge in [-0.05, 0) is 24.3 Å². The summed E-state index contributed by atoms with van der Waals surface area (Å²) in [6, 6.07) is 10.2. The Kier molecular flexibility index (Phi) is 8.74. The van der Waals surface area contributed by atoms with Crippen LogP contribution in [0.1, 0.15) is 16.8 Å². The van der Waals surface area contributed by atoms with Crippen LogP contribution < -0.4 is 19.1 Å². The van der Waals surface area contributed by atoms with E-state index in [0.717, 1.165) is 26.2 Å². The van der Waals surface area contributed by atoms with E-state index < -0.39 is 0 Å². The molecule has 6 nitrogen and oxygen atoms in total. The maximum Gasteiger partial charge on any atom is 0.203 e. The van der Waals surface area contributed by atoms with E-state index in [1.165, 1.54) is 27.4 Å². The van der Waals surface area contributed by atoms with Crippen LogP contribution in [0, 0.1) is 5.82 Å². The van der Waals surface area contributed by atoms with E-state index >= 15 is 0 Å².